The van der Waals surface area contributed by atoms with E-state index in [-0.39, 0.29) is 18.5 Å². The van der Waals surface area contributed by atoms with Crippen molar-refractivity contribution in [1.29, 1.82) is 0 Å². The highest BCUT2D eigenvalue weighted by Crippen LogP contribution is 2.21. The first-order valence-corrected chi connectivity index (χ1v) is 12.3. The second-order valence-corrected chi connectivity index (χ2v) is 8.72. The van der Waals surface area contributed by atoms with E-state index in [2.05, 4.69) is 29.6 Å². The van der Waals surface area contributed by atoms with E-state index < -0.39 is 0 Å². The summed E-state index contributed by atoms with van der Waals surface area (Å²) in [7, 11) is 0. The first-order valence-electron chi connectivity index (χ1n) is 12.3. The summed E-state index contributed by atoms with van der Waals surface area (Å²) in [5, 5.41) is 12.7. The Balaban J connectivity index is 0.00000385. The van der Waals surface area contributed by atoms with Crippen molar-refractivity contribution in [3.05, 3.63) is 66.2 Å². The molecular weight excluding hydrogens is 434 g/mol. The molecule has 1 heterocycles. The van der Waals surface area contributed by atoms with Gasteiger partial charge in [0.1, 0.15) is 11.5 Å². The largest absolute Gasteiger partial charge is 0.457 e. The quantitative estimate of drug-likeness (QED) is 0.280. The first kappa shape index (κ1) is 27.4. The number of aliphatic hydroxyl groups is 1. The number of unbranched alkanes of at least 4 members (excludes halogenated alkanes) is 7. The molecule has 0 saturated carbocycles. The Morgan fingerprint density at radius 3 is 2.21 bits per heavy atom. The molecule has 5 heteroatoms. The zero-order valence-electron chi connectivity index (χ0n) is 19.7. The summed E-state index contributed by atoms with van der Waals surface area (Å²) in [5.41, 5.74) is 1.22. The number of para-hydroxylation sites is 1. The fraction of sp³-hybridized carbons (Fsp3) is 0.500. The minimum atomic E-state index is -0.189. The molecule has 0 aromatic heterocycles. The van der Waals surface area contributed by atoms with E-state index in [0.717, 1.165) is 44.0 Å². The van der Waals surface area contributed by atoms with Gasteiger partial charge in [-0.15, -0.1) is 12.4 Å². The molecule has 2 N–H and O–H groups in total. The van der Waals surface area contributed by atoms with Crippen LogP contribution >= 0.6 is 12.4 Å². The van der Waals surface area contributed by atoms with Gasteiger partial charge in [-0.2, -0.15) is 0 Å². The van der Waals surface area contributed by atoms with Crippen molar-refractivity contribution in [2.75, 3.05) is 19.8 Å². The zero-order valence-corrected chi connectivity index (χ0v) is 20.5. The lowest BCUT2D eigenvalue weighted by atomic mass is 10.1. The molecule has 0 unspecified atom stereocenters. The number of nitrogens with one attached hydrogen (secondary N) is 1. The van der Waals surface area contributed by atoms with Gasteiger partial charge in [-0.1, -0.05) is 74.6 Å². The van der Waals surface area contributed by atoms with Crippen LogP contribution in [-0.4, -0.2) is 37.0 Å². The van der Waals surface area contributed by atoms with Gasteiger partial charge in [0, 0.05) is 19.2 Å². The fourth-order valence-corrected chi connectivity index (χ4v) is 3.99. The highest BCUT2D eigenvalue weighted by Gasteiger charge is 2.21. The summed E-state index contributed by atoms with van der Waals surface area (Å²) < 4.78 is 11.6. The molecule has 0 bridgehead atoms. The van der Waals surface area contributed by atoms with Crippen molar-refractivity contribution in [2.45, 2.75) is 69.9 Å². The van der Waals surface area contributed by atoms with Crippen molar-refractivity contribution in [2.24, 2.45) is 0 Å². The third-order valence-corrected chi connectivity index (χ3v) is 5.85. The highest BCUT2D eigenvalue weighted by molar-refractivity contribution is 5.85. The normalized spacial score (nSPS) is 17.8. The lowest BCUT2D eigenvalue weighted by Crippen LogP contribution is -2.26. The zero-order chi connectivity index (χ0) is 22.3. The molecule has 0 spiro atoms. The number of β-amino-alcohol motifs (C(OH)–C–C–N with tert-alkyl or cyclic N) is 1. The molecule has 1 fully saturated rings. The minimum Gasteiger partial charge on any atom is -0.457 e. The maximum absolute atomic E-state index is 9.47. The van der Waals surface area contributed by atoms with E-state index >= 15 is 0 Å². The van der Waals surface area contributed by atoms with Crippen molar-refractivity contribution >= 4 is 18.5 Å². The van der Waals surface area contributed by atoms with Gasteiger partial charge in [0.2, 0.25) is 0 Å². The third kappa shape index (κ3) is 11.7. The van der Waals surface area contributed by atoms with Crippen molar-refractivity contribution < 1.29 is 14.6 Å². The molecule has 2 atom stereocenters. The maximum Gasteiger partial charge on any atom is 0.127 e. The lowest BCUT2D eigenvalue weighted by Gasteiger charge is -2.10. The van der Waals surface area contributed by atoms with Crippen LogP contribution in [-0.2, 0) is 4.74 Å². The molecule has 1 saturated heterocycles. The minimum absolute atomic E-state index is 0. The Bertz CT molecular complexity index is 766. The maximum atomic E-state index is 9.47. The van der Waals surface area contributed by atoms with Gasteiger partial charge in [-0.3, -0.25) is 0 Å². The SMILES string of the molecule is Cl.O[C@H]1CN[C@H](COCCCCCCCCC/C=C/c2ccc(Oc3ccccc3)cc2)C1. The summed E-state index contributed by atoms with van der Waals surface area (Å²) in [4.78, 5) is 0. The van der Waals surface area contributed by atoms with Crippen LogP contribution in [0.15, 0.2) is 60.7 Å². The number of benzene rings is 2. The fourth-order valence-electron chi connectivity index (χ4n) is 3.99. The van der Waals surface area contributed by atoms with Crippen molar-refractivity contribution in [3.8, 4) is 11.5 Å². The molecule has 1 aliphatic heterocycles. The molecule has 182 valence electrons. The number of hydrogen-bond donors (Lipinski definition) is 2. The molecule has 0 aliphatic carbocycles. The molecule has 1 aliphatic rings. The van der Waals surface area contributed by atoms with Crippen LogP contribution in [0.5, 0.6) is 11.5 Å². The van der Waals surface area contributed by atoms with Crippen LogP contribution < -0.4 is 10.1 Å². The molecule has 0 amide bonds. The van der Waals surface area contributed by atoms with E-state index in [4.69, 9.17) is 9.47 Å². The second kappa shape index (κ2) is 16.7. The number of hydrogen-bond acceptors (Lipinski definition) is 4. The van der Waals surface area contributed by atoms with E-state index in [0.29, 0.717) is 12.6 Å². The Hall–Kier alpha value is -1.85. The number of halogens is 1. The van der Waals surface area contributed by atoms with Crippen molar-refractivity contribution in [3.63, 3.8) is 0 Å². The van der Waals surface area contributed by atoms with Gasteiger partial charge < -0.3 is 19.9 Å². The molecule has 3 rings (SSSR count). The van der Waals surface area contributed by atoms with Crippen LogP contribution in [0.1, 0.15) is 63.4 Å². The van der Waals surface area contributed by atoms with Gasteiger partial charge in [0.15, 0.2) is 0 Å². The number of rotatable bonds is 15. The summed E-state index contributed by atoms with van der Waals surface area (Å²) in [6.45, 7) is 2.29. The number of allylic oxidation sites excluding steroid dienone is 1. The van der Waals surface area contributed by atoms with E-state index in [9.17, 15) is 5.11 Å². The smallest absolute Gasteiger partial charge is 0.127 e. The molecule has 33 heavy (non-hydrogen) atoms. The molecule has 2 aromatic carbocycles. The second-order valence-electron chi connectivity index (χ2n) is 8.72. The summed E-state index contributed by atoms with van der Waals surface area (Å²) in [5.74, 6) is 1.73. The summed E-state index contributed by atoms with van der Waals surface area (Å²) >= 11 is 0. The third-order valence-electron chi connectivity index (χ3n) is 5.85. The summed E-state index contributed by atoms with van der Waals surface area (Å²) in [6.07, 6.45) is 15.2. The Labute approximate surface area is 205 Å². The van der Waals surface area contributed by atoms with Crippen LogP contribution in [0.4, 0.5) is 0 Å². The van der Waals surface area contributed by atoms with Gasteiger partial charge in [0.25, 0.3) is 0 Å². The molecule has 4 nitrogen and oxygen atoms in total. The lowest BCUT2D eigenvalue weighted by molar-refractivity contribution is 0.107. The summed E-state index contributed by atoms with van der Waals surface area (Å²) in [6, 6.07) is 18.5. The number of aliphatic hydroxyl groups excluding tert-OH is 1. The Morgan fingerprint density at radius 2 is 1.52 bits per heavy atom. The van der Waals surface area contributed by atoms with E-state index in [1.807, 2.05) is 42.5 Å². The van der Waals surface area contributed by atoms with Gasteiger partial charge in [-0.05, 0) is 55.5 Å². The van der Waals surface area contributed by atoms with Crippen LogP contribution in [0.2, 0.25) is 0 Å². The highest BCUT2D eigenvalue weighted by atomic mass is 35.5. The predicted octanol–water partition coefficient (Wildman–Crippen LogP) is 6.77. The monoisotopic (exact) mass is 473 g/mol. The Morgan fingerprint density at radius 1 is 0.848 bits per heavy atom. The van der Waals surface area contributed by atoms with Gasteiger partial charge >= 0.3 is 0 Å². The topological polar surface area (TPSA) is 50.7 Å². The average molecular weight is 474 g/mol. The standard InChI is InChI=1S/C28H39NO3.ClH/c30-26-21-25(29-22-26)23-31-20-12-7-5-3-1-2-4-6-9-13-24-16-18-28(19-17-24)32-27-14-10-8-11-15-27;/h8-11,13-19,25-26,29-30H,1-7,12,20-23H2;1H/b13-9+;/t25-,26+;/m0./s1. The van der Waals surface area contributed by atoms with E-state index in [1.54, 1.807) is 0 Å². The van der Waals surface area contributed by atoms with Crippen LogP contribution in [0.25, 0.3) is 6.08 Å². The van der Waals surface area contributed by atoms with E-state index in [1.165, 1.54) is 44.1 Å². The Kier molecular flexibility index (Phi) is 13.9. The predicted molar refractivity (Wildman–Crippen MR) is 139 cm³/mol. The molecular formula is C28H40ClNO3. The van der Waals surface area contributed by atoms with Gasteiger partial charge in [0.05, 0.1) is 12.7 Å². The first-order chi connectivity index (χ1) is 15.8. The molecule has 2 aromatic rings. The van der Waals surface area contributed by atoms with Crippen LogP contribution in [0, 0.1) is 0 Å². The van der Waals surface area contributed by atoms with Crippen LogP contribution in [0.3, 0.4) is 0 Å². The number of ether oxygens (including phenoxy) is 2. The van der Waals surface area contributed by atoms with Gasteiger partial charge in [-0.25, -0.2) is 0 Å². The van der Waals surface area contributed by atoms with Crippen molar-refractivity contribution in [1.82, 2.24) is 5.32 Å². The average Bonchev–Trinajstić information content (AvgIpc) is 3.23. The molecule has 0 radical (unpaired) electrons.